The molecule has 0 radical (unpaired) electrons. The second kappa shape index (κ2) is 8.40. The molecular weight excluding hydrogens is 358 g/mol. The van der Waals surface area contributed by atoms with E-state index in [1.54, 1.807) is 6.92 Å². The number of hydrogen-bond acceptors (Lipinski definition) is 2. The van der Waals surface area contributed by atoms with E-state index in [2.05, 4.69) is 61.0 Å². The third kappa shape index (κ3) is 3.68. The van der Waals surface area contributed by atoms with E-state index in [1.807, 2.05) is 4.90 Å². The smallest absolute Gasteiger partial charge is 0.219 e. The van der Waals surface area contributed by atoms with Crippen LogP contribution in [0.5, 0.6) is 0 Å². The highest BCUT2D eigenvalue weighted by Crippen LogP contribution is 2.36. The molecule has 0 atom stereocenters. The first kappa shape index (κ1) is 19.7. The Morgan fingerprint density at radius 1 is 1.07 bits per heavy atom. The second-order valence-electron chi connectivity index (χ2n) is 8.17. The minimum absolute atomic E-state index is 0.144. The van der Waals surface area contributed by atoms with E-state index in [-0.39, 0.29) is 5.91 Å². The number of benzene rings is 2. The number of hydrogen-bond donors (Lipinski definition) is 0. The van der Waals surface area contributed by atoms with Crippen molar-refractivity contribution in [2.45, 2.75) is 65.5 Å². The van der Waals surface area contributed by atoms with Crippen LogP contribution in [0.25, 0.3) is 22.0 Å². The van der Waals surface area contributed by atoms with Crippen LogP contribution >= 0.6 is 0 Å². The van der Waals surface area contributed by atoms with Crippen molar-refractivity contribution in [1.82, 2.24) is 14.7 Å². The van der Waals surface area contributed by atoms with E-state index < -0.39 is 0 Å². The zero-order chi connectivity index (χ0) is 20.4. The van der Waals surface area contributed by atoms with Gasteiger partial charge in [-0.25, -0.2) is 0 Å². The van der Waals surface area contributed by atoms with Crippen LogP contribution in [0.15, 0.2) is 42.5 Å². The molecule has 0 N–H and O–H groups in total. The van der Waals surface area contributed by atoms with Crippen LogP contribution in [0.1, 0.15) is 63.8 Å². The summed E-state index contributed by atoms with van der Waals surface area (Å²) in [4.78, 5) is 14.1. The van der Waals surface area contributed by atoms with Crippen LogP contribution in [-0.2, 0) is 17.8 Å². The van der Waals surface area contributed by atoms with Crippen molar-refractivity contribution in [3.63, 3.8) is 0 Å². The summed E-state index contributed by atoms with van der Waals surface area (Å²) in [5.41, 5.74) is 4.80. The Morgan fingerprint density at radius 2 is 1.79 bits per heavy atom. The van der Waals surface area contributed by atoms with Gasteiger partial charge in [0.15, 0.2) is 0 Å². The van der Waals surface area contributed by atoms with Gasteiger partial charge in [0.1, 0.15) is 0 Å². The molecule has 4 nitrogen and oxygen atoms in total. The average Bonchev–Trinajstić information content (AvgIpc) is 3.11. The van der Waals surface area contributed by atoms with Crippen LogP contribution in [0.4, 0.5) is 0 Å². The Hall–Kier alpha value is -2.62. The average molecular weight is 390 g/mol. The monoisotopic (exact) mass is 389 g/mol. The molecule has 0 saturated heterocycles. The largest absolute Gasteiger partial charge is 0.338 e. The zero-order valence-corrected chi connectivity index (χ0v) is 17.8. The Balaban J connectivity index is 1.90. The van der Waals surface area contributed by atoms with Gasteiger partial charge >= 0.3 is 0 Å². The molecule has 2 aromatic carbocycles. The summed E-state index contributed by atoms with van der Waals surface area (Å²) in [7, 11) is 0. The fraction of sp³-hybridized carbons (Fsp3) is 0.440. The summed E-state index contributed by atoms with van der Waals surface area (Å²) in [6, 6.07) is 15.4. The van der Waals surface area contributed by atoms with Crippen molar-refractivity contribution >= 4 is 16.7 Å². The standard InChI is InChI=1S/C25H31N3O/c1-4-9-20(10-5-2)28-24-15-16-27(18(3)29)17-23(24)25(26-28)22-14-8-12-19-11-6-7-13-21(19)22/h6-8,11-14,20H,4-5,9-10,15-17H2,1-3H3. The van der Waals surface area contributed by atoms with Crippen molar-refractivity contribution in [2.24, 2.45) is 0 Å². The Kier molecular flexibility index (Phi) is 5.70. The first-order valence-corrected chi connectivity index (χ1v) is 11.0. The first-order valence-electron chi connectivity index (χ1n) is 11.0. The van der Waals surface area contributed by atoms with E-state index in [1.165, 1.54) is 27.6 Å². The highest BCUT2D eigenvalue weighted by Gasteiger charge is 2.29. The zero-order valence-electron chi connectivity index (χ0n) is 17.8. The molecule has 0 saturated carbocycles. The van der Waals surface area contributed by atoms with Crippen LogP contribution in [0, 0.1) is 0 Å². The molecule has 1 aliphatic heterocycles. The Morgan fingerprint density at radius 3 is 2.52 bits per heavy atom. The summed E-state index contributed by atoms with van der Waals surface area (Å²) >= 11 is 0. The highest BCUT2D eigenvalue weighted by molar-refractivity contribution is 5.96. The summed E-state index contributed by atoms with van der Waals surface area (Å²) in [6.07, 6.45) is 5.49. The van der Waals surface area contributed by atoms with Crippen molar-refractivity contribution in [2.75, 3.05) is 6.54 Å². The van der Waals surface area contributed by atoms with Gasteiger partial charge in [0.2, 0.25) is 5.91 Å². The molecule has 1 aromatic heterocycles. The third-order valence-electron chi connectivity index (χ3n) is 6.17. The molecule has 0 spiro atoms. The van der Waals surface area contributed by atoms with Crippen LogP contribution in [0.3, 0.4) is 0 Å². The SMILES string of the molecule is CCCC(CCC)n1nc(-c2cccc3ccccc23)c2c1CCN(C(C)=O)C2. The molecule has 0 aliphatic carbocycles. The first-order chi connectivity index (χ1) is 14.1. The Bertz CT molecular complexity index is 1010. The number of fused-ring (bicyclic) bond motifs is 2. The van der Waals surface area contributed by atoms with Gasteiger partial charge in [-0.3, -0.25) is 9.48 Å². The lowest BCUT2D eigenvalue weighted by molar-refractivity contribution is -0.129. The lowest BCUT2D eigenvalue weighted by Gasteiger charge is -2.28. The molecule has 1 amide bonds. The fourth-order valence-corrected chi connectivity index (χ4v) is 4.72. The van der Waals surface area contributed by atoms with Crippen LogP contribution < -0.4 is 0 Å². The van der Waals surface area contributed by atoms with E-state index in [4.69, 9.17) is 5.10 Å². The molecule has 152 valence electrons. The lowest BCUT2D eigenvalue weighted by atomic mass is 9.96. The predicted octanol–water partition coefficient (Wildman–Crippen LogP) is 5.75. The van der Waals surface area contributed by atoms with Gasteiger partial charge in [0.05, 0.1) is 11.7 Å². The second-order valence-corrected chi connectivity index (χ2v) is 8.17. The van der Waals surface area contributed by atoms with Gasteiger partial charge < -0.3 is 4.90 Å². The maximum absolute atomic E-state index is 12.1. The van der Waals surface area contributed by atoms with Crippen LogP contribution in [0.2, 0.25) is 0 Å². The van der Waals surface area contributed by atoms with Crippen molar-refractivity contribution in [3.8, 4) is 11.3 Å². The number of nitrogens with zero attached hydrogens (tertiary/aromatic N) is 3. The van der Waals surface area contributed by atoms with Gasteiger partial charge in [0, 0.05) is 43.3 Å². The normalized spacial score (nSPS) is 13.9. The predicted molar refractivity (Wildman–Crippen MR) is 119 cm³/mol. The summed E-state index contributed by atoms with van der Waals surface area (Å²) in [5, 5.41) is 7.68. The number of carbonyl (C=O) groups is 1. The molecule has 4 rings (SSSR count). The van der Waals surface area contributed by atoms with Crippen molar-refractivity contribution in [1.29, 1.82) is 0 Å². The molecule has 4 heteroatoms. The summed E-state index contributed by atoms with van der Waals surface area (Å²) in [6.45, 7) is 7.62. The fourth-order valence-electron chi connectivity index (χ4n) is 4.72. The van der Waals surface area contributed by atoms with Gasteiger partial charge in [-0.1, -0.05) is 69.2 Å². The molecule has 29 heavy (non-hydrogen) atoms. The molecule has 2 heterocycles. The molecule has 0 fully saturated rings. The van der Waals surface area contributed by atoms with E-state index in [0.29, 0.717) is 12.6 Å². The van der Waals surface area contributed by atoms with Crippen molar-refractivity contribution < 1.29 is 4.79 Å². The third-order valence-corrected chi connectivity index (χ3v) is 6.17. The molecule has 3 aromatic rings. The van der Waals surface area contributed by atoms with Gasteiger partial charge in [0.25, 0.3) is 0 Å². The van der Waals surface area contributed by atoms with Gasteiger partial charge in [-0.05, 0) is 23.6 Å². The topological polar surface area (TPSA) is 38.1 Å². The van der Waals surface area contributed by atoms with E-state index in [9.17, 15) is 4.79 Å². The van der Waals surface area contributed by atoms with Crippen molar-refractivity contribution in [3.05, 3.63) is 53.7 Å². The molecule has 1 aliphatic rings. The van der Waals surface area contributed by atoms with Gasteiger partial charge in [-0.15, -0.1) is 0 Å². The van der Waals surface area contributed by atoms with Gasteiger partial charge in [-0.2, -0.15) is 5.10 Å². The minimum atomic E-state index is 0.144. The maximum Gasteiger partial charge on any atom is 0.219 e. The van der Waals surface area contributed by atoms with E-state index in [0.717, 1.165) is 44.3 Å². The van der Waals surface area contributed by atoms with Crippen LogP contribution in [-0.4, -0.2) is 27.1 Å². The van der Waals surface area contributed by atoms with E-state index >= 15 is 0 Å². The summed E-state index contributed by atoms with van der Waals surface area (Å²) < 4.78 is 2.32. The molecule has 0 unspecified atom stereocenters. The number of amides is 1. The quantitative estimate of drug-likeness (QED) is 0.538. The maximum atomic E-state index is 12.1. The minimum Gasteiger partial charge on any atom is -0.338 e. The number of carbonyl (C=O) groups excluding carboxylic acids is 1. The number of rotatable bonds is 6. The number of aromatic nitrogens is 2. The lowest BCUT2D eigenvalue weighted by Crippen LogP contribution is -2.35. The highest BCUT2D eigenvalue weighted by atomic mass is 16.2. The summed E-state index contributed by atoms with van der Waals surface area (Å²) in [5.74, 6) is 0.144. The molecule has 0 bridgehead atoms. The Labute approximate surface area is 173 Å². The molecular formula is C25H31N3O.